The predicted molar refractivity (Wildman–Crippen MR) is 94.1 cm³/mol. The van der Waals surface area contributed by atoms with Gasteiger partial charge in [0.05, 0.1) is 0 Å². The van der Waals surface area contributed by atoms with Gasteiger partial charge >= 0.3 is 0 Å². The molecule has 0 saturated heterocycles. The third-order valence-corrected chi connectivity index (χ3v) is 4.38. The summed E-state index contributed by atoms with van der Waals surface area (Å²) >= 11 is 0. The molecular formula is C20H25NO2. The minimum absolute atomic E-state index is 0.258. The molecule has 3 nitrogen and oxygen atoms in total. The zero-order valence-electron chi connectivity index (χ0n) is 14.4. The number of hydrogen-bond acceptors (Lipinski definition) is 3. The molecule has 23 heavy (non-hydrogen) atoms. The smallest absolute Gasteiger partial charge is 0.299 e. The van der Waals surface area contributed by atoms with Crippen LogP contribution in [-0.2, 0) is 4.79 Å². The molecule has 1 heterocycles. The standard InChI is InChI=1S/C20H25NO2/c1-15(12-17-8-10-19(21-13-17)23-14-22)7-9-18-16(2)6-5-11-20(18,3)4/h7-10,12-14H,5-6,11H2,1-4H3. The summed E-state index contributed by atoms with van der Waals surface area (Å²) in [6, 6.07) is 3.58. The summed E-state index contributed by atoms with van der Waals surface area (Å²) in [6.45, 7) is 9.36. The molecule has 0 amide bonds. The van der Waals surface area contributed by atoms with Crippen molar-refractivity contribution in [1.29, 1.82) is 0 Å². The van der Waals surface area contributed by atoms with Gasteiger partial charge < -0.3 is 4.74 Å². The number of pyridine rings is 1. The second-order valence-corrected chi connectivity index (χ2v) is 6.80. The molecule has 0 spiro atoms. The first-order chi connectivity index (χ1) is 10.9. The first kappa shape index (κ1) is 17.2. The van der Waals surface area contributed by atoms with Crippen molar-refractivity contribution in [2.75, 3.05) is 0 Å². The highest BCUT2D eigenvalue weighted by Crippen LogP contribution is 2.40. The van der Waals surface area contributed by atoms with E-state index >= 15 is 0 Å². The second-order valence-electron chi connectivity index (χ2n) is 6.80. The van der Waals surface area contributed by atoms with Crippen LogP contribution in [0.2, 0.25) is 0 Å². The van der Waals surface area contributed by atoms with Gasteiger partial charge in [0.15, 0.2) is 0 Å². The highest BCUT2D eigenvalue weighted by molar-refractivity contribution is 5.56. The summed E-state index contributed by atoms with van der Waals surface area (Å²) < 4.78 is 4.69. The maximum absolute atomic E-state index is 10.3. The van der Waals surface area contributed by atoms with Crippen molar-refractivity contribution in [3.8, 4) is 5.88 Å². The van der Waals surface area contributed by atoms with Crippen molar-refractivity contribution in [1.82, 2.24) is 4.98 Å². The van der Waals surface area contributed by atoms with Crippen LogP contribution in [-0.4, -0.2) is 11.5 Å². The van der Waals surface area contributed by atoms with E-state index in [2.05, 4.69) is 50.9 Å². The van der Waals surface area contributed by atoms with E-state index in [1.807, 2.05) is 6.07 Å². The molecule has 0 aliphatic heterocycles. The maximum atomic E-state index is 10.3. The molecular weight excluding hydrogens is 286 g/mol. The van der Waals surface area contributed by atoms with Crippen LogP contribution < -0.4 is 4.74 Å². The average molecular weight is 311 g/mol. The highest BCUT2D eigenvalue weighted by Gasteiger charge is 2.26. The first-order valence-corrected chi connectivity index (χ1v) is 8.05. The fourth-order valence-electron chi connectivity index (χ4n) is 3.13. The molecule has 1 aromatic rings. The molecule has 0 fully saturated rings. The van der Waals surface area contributed by atoms with Gasteiger partial charge in [-0.3, -0.25) is 4.79 Å². The number of carbonyl (C=O) groups excluding carboxylic acids is 1. The van der Waals surface area contributed by atoms with Crippen molar-refractivity contribution in [2.24, 2.45) is 5.41 Å². The van der Waals surface area contributed by atoms with Gasteiger partial charge in [-0.2, -0.15) is 0 Å². The summed E-state index contributed by atoms with van der Waals surface area (Å²) in [5.41, 5.74) is 5.37. The van der Waals surface area contributed by atoms with E-state index in [9.17, 15) is 4.79 Å². The van der Waals surface area contributed by atoms with E-state index in [1.54, 1.807) is 12.3 Å². The minimum atomic E-state index is 0.258. The zero-order valence-corrected chi connectivity index (χ0v) is 14.4. The zero-order chi connectivity index (χ0) is 16.9. The molecule has 0 radical (unpaired) electrons. The van der Waals surface area contributed by atoms with E-state index in [-0.39, 0.29) is 5.41 Å². The van der Waals surface area contributed by atoms with Gasteiger partial charge in [-0.1, -0.05) is 43.2 Å². The van der Waals surface area contributed by atoms with Gasteiger partial charge in [-0.25, -0.2) is 4.98 Å². The van der Waals surface area contributed by atoms with Gasteiger partial charge in [0.25, 0.3) is 6.47 Å². The van der Waals surface area contributed by atoms with E-state index in [0.29, 0.717) is 12.4 Å². The van der Waals surface area contributed by atoms with Gasteiger partial charge in [-0.15, -0.1) is 0 Å². The Morgan fingerprint density at radius 3 is 2.74 bits per heavy atom. The molecule has 0 saturated carbocycles. The lowest BCUT2D eigenvalue weighted by Gasteiger charge is -2.32. The Kier molecular flexibility index (Phi) is 5.54. The molecule has 2 rings (SSSR count). The van der Waals surface area contributed by atoms with Crippen LogP contribution in [0.5, 0.6) is 5.88 Å². The third kappa shape index (κ3) is 4.65. The molecule has 1 aliphatic carbocycles. The van der Waals surface area contributed by atoms with Crippen LogP contribution in [0.15, 0.2) is 47.2 Å². The third-order valence-electron chi connectivity index (χ3n) is 4.38. The molecule has 1 aromatic heterocycles. The van der Waals surface area contributed by atoms with Gasteiger partial charge in [-0.05, 0) is 55.7 Å². The maximum Gasteiger partial charge on any atom is 0.299 e. The summed E-state index contributed by atoms with van der Waals surface area (Å²) in [4.78, 5) is 14.3. The number of carbonyl (C=O) groups is 1. The molecule has 0 aromatic carbocycles. The van der Waals surface area contributed by atoms with Crippen LogP contribution in [0.3, 0.4) is 0 Å². The van der Waals surface area contributed by atoms with Crippen molar-refractivity contribution < 1.29 is 9.53 Å². The number of allylic oxidation sites excluding steroid dienone is 5. The number of rotatable bonds is 5. The topological polar surface area (TPSA) is 39.2 Å². The Morgan fingerprint density at radius 1 is 1.35 bits per heavy atom. The van der Waals surface area contributed by atoms with Gasteiger partial charge in [0.1, 0.15) is 0 Å². The molecule has 0 atom stereocenters. The Labute approximate surface area is 138 Å². The molecule has 0 unspecified atom stereocenters. The summed E-state index contributed by atoms with van der Waals surface area (Å²) in [6.07, 6.45) is 11.9. The largest absolute Gasteiger partial charge is 0.410 e. The van der Waals surface area contributed by atoms with Gasteiger partial charge in [0.2, 0.25) is 5.88 Å². The average Bonchev–Trinajstić information content (AvgIpc) is 2.48. The Balaban J connectivity index is 2.14. The highest BCUT2D eigenvalue weighted by atomic mass is 16.5. The number of nitrogens with zero attached hydrogens (tertiary/aromatic N) is 1. The molecule has 0 bridgehead atoms. The summed E-state index contributed by atoms with van der Waals surface area (Å²) in [7, 11) is 0. The first-order valence-electron chi connectivity index (χ1n) is 8.05. The summed E-state index contributed by atoms with van der Waals surface area (Å²) in [5.74, 6) is 0.315. The van der Waals surface area contributed by atoms with Crippen molar-refractivity contribution in [3.63, 3.8) is 0 Å². The van der Waals surface area contributed by atoms with Crippen molar-refractivity contribution in [3.05, 3.63) is 52.8 Å². The minimum Gasteiger partial charge on any atom is -0.410 e. The summed E-state index contributed by atoms with van der Waals surface area (Å²) in [5, 5.41) is 0. The molecule has 3 heteroatoms. The number of hydrogen-bond donors (Lipinski definition) is 0. The van der Waals surface area contributed by atoms with Gasteiger partial charge in [0, 0.05) is 12.3 Å². The van der Waals surface area contributed by atoms with E-state index < -0.39 is 0 Å². The monoisotopic (exact) mass is 311 g/mol. The fraction of sp³-hybridized carbons (Fsp3) is 0.400. The van der Waals surface area contributed by atoms with Crippen LogP contribution in [0.4, 0.5) is 0 Å². The molecule has 0 N–H and O–H groups in total. The fourth-order valence-corrected chi connectivity index (χ4v) is 3.13. The molecule has 1 aliphatic rings. The SMILES string of the molecule is CC(C=CC1=C(C)CCCC1(C)C)=Cc1ccc(OC=O)nc1. The Bertz CT molecular complexity index is 649. The van der Waals surface area contributed by atoms with Crippen LogP contribution in [0.25, 0.3) is 6.08 Å². The number of ether oxygens (including phenoxy) is 1. The number of aromatic nitrogens is 1. The molecule has 122 valence electrons. The van der Waals surface area contributed by atoms with E-state index in [1.165, 1.54) is 30.4 Å². The lowest BCUT2D eigenvalue weighted by molar-refractivity contribution is -0.120. The van der Waals surface area contributed by atoms with E-state index in [0.717, 1.165) is 11.1 Å². The van der Waals surface area contributed by atoms with Crippen molar-refractivity contribution >= 4 is 12.5 Å². The van der Waals surface area contributed by atoms with Crippen LogP contribution in [0.1, 0.15) is 52.5 Å². The lowest BCUT2D eigenvalue weighted by Crippen LogP contribution is -2.19. The Morgan fingerprint density at radius 2 is 2.13 bits per heavy atom. The normalized spacial score (nSPS) is 18.3. The second kappa shape index (κ2) is 7.40. The quantitative estimate of drug-likeness (QED) is 0.561. The van der Waals surface area contributed by atoms with Crippen LogP contribution in [0, 0.1) is 5.41 Å². The lowest BCUT2D eigenvalue weighted by atomic mass is 9.72. The van der Waals surface area contributed by atoms with Crippen molar-refractivity contribution in [2.45, 2.75) is 47.0 Å². The Hall–Kier alpha value is -2.16. The van der Waals surface area contributed by atoms with Crippen LogP contribution >= 0.6 is 0 Å². The van der Waals surface area contributed by atoms with E-state index in [4.69, 9.17) is 4.74 Å². The predicted octanol–water partition coefficient (Wildman–Crippen LogP) is 5.10.